The minimum absolute atomic E-state index is 0.282. The third-order valence-corrected chi connectivity index (χ3v) is 4.41. The Labute approximate surface area is 156 Å². The Morgan fingerprint density at radius 2 is 1.78 bits per heavy atom. The number of aromatic amines is 1. The van der Waals surface area contributed by atoms with Crippen LogP contribution in [0.4, 0.5) is 4.39 Å². The second-order valence-electron chi connectivity index (χ2n) is 6.37. The maximum atomic E-state index is 13.5. The molecule has 0 aliphatic heterocycles. The minimum Gasteiger partial charge on any atom is -0.342 e. The molecule has 3 aromatic carbocycles. The van der Waals surface area contributed by atoms with E-state index >= 15 is 0 Å². The van der Waals surface area contributed by atoms with Crippen LogP contribution >= 0.6 is 0 Å². The molecule has 0 spiro atoms. The van der Waals surface area contributed by atoms with E-state index in [0.717, 1.165) is 16.6 Å². The number of para-hydroxylation sites is 2. The van der Waals surface area contributed by atoms with Crippen molar-refractivity contribution < 1.29 is 9.18 Å². The van der Waals surface area contributed by atoms with Gasteiger partial charge in [-0.2, -0.15) is 0 Å². The summed E-state index contributed by atoms with van der Waals surface area (Å²) >= 11 is 0. The summed E-state index contributed by atoms with van der Waals surface area (Å²) in [5, 5.41) is 2.99. The fourth-order valence-corrected chi connectivity index (χ4v) is 3.07. The monoisotopic (exact) mass is 359 g/mol. The highest BCUT2D eigenvalue weighted by Crippen LogP contribution is 2.20. The van der Waals surface area contributed by atoms with Crippen LogP contribution in [0.15, 0.2) is 78.9 Å². The van der Waals surface area contributed by atoms with Gasteiger partial charge in [0.2, 0.25) is 0 Å². The van der Waals surface area contributed by atoms with Gasteiger partial charge in [-0.3, -0.25) is 4.79 Å². The van der Waals surface area contributed by atoms with Crippen molar-refractivity contribution in [3.8, 4) is 0 Å². The van der Waals surface area contributed by atoms with Crippen LogP contribution in [-0.2, 0) is 6.42 Å². The molecule has 0 saturated heterocycles. The van der Waals surface area contributed by atoms with Crippen molar-refractivity contribution in [3.63, 3.8) is 0 Å². The Morgan fingerprint density at radius 1 is 1.00 bits per heavy atom. The highest BCUT2D eigenvalue weighted by molar-refractivity contribution is 5.94. The second kappa shape index (κ2) is 7.41. The zero-order chi connectivity index (χ0) is 18.6. The van der Waals surface area contributed by atoms with Crippen molar-refractivity contribution in [2.45, 2.75) is 12.5 Å². The van der Waals surface area contributed by atoms with Crippen LogP contribution in [0.3, 0.4) is 0 Å². The van der Waals surface area contributed by atoms with Crippen molar-refractivity contribution in [2.75, 3.05) is 0 Å². The molecule has 1 heterocycles. The molecule has 2 N–H and O–H groups in total. The van der Waals surface area contributed by atoms with Crippen molar-refractivity contribution in [3.05, 3.63) is 102 Å². The van der Waals surface area contributed by atoms with E-state index in [-0.39, 0.29) is 17.5 Å². The van der Waals surface area contributed by atoms with E-state index in [4.69, 9.17) is 0 Å². The summed E-state index contributed by atoms with van der Waals surface area (Å²) in [6.07, 6.45) is 0.571. The number of carbonyl (C=O) groups excluding carboxylic acids is 1. The highest BCUT2D eigenvalue weighted by atomic mass is 19.1. The molecule has 0 radical (unpaired) electrons. The normalized spacial score (nSPS) is 12.0. The molecule has 0 aliphatic carbocycles. The number of nitrogens with one attached hydrogen (secondary N) is 2. The largest absolute Gasteiger partial charge is 0.342 e. The molecule has 134 valence electrons. The van der Waals surface area contributed by atoms with Crippen LogP contribution in [0.5, 0.6) is 0 Å². The minimum atomic E-state index is -0.439. The topological polar surface area (TPSA) is 57.8 Å². The molecule has 1 atom stereocenters. The molecule has 27 heavy (non-hydrogen) atoms. The summed E-state index contributed by atoms with van der Waals surface area (Å²) in [4.78, 5) is 20.6. The zero-order valence-electron chi connectivity index (χ0n) is 14.5. The summed E-state index contributed by atoms with van der Waals surface area (Å²) in [6.45, 7) is 0. The predicted molar refractivity (Wildman–Crippen MR) is 103 cm³/mol. The van der Waals surface area contributed by atoms with Crippen molar-refractivity contribution in [1.29, 1.82) is 0 Å². The van der Waals surface area contributed by atoms with Gasteiger partial charge < -0.3 is 10.3 Å². The summed E-state index contributed by atoms with van der Waals surface area (Å²) < 4.78 is 13.5. The average Bonchev–Trinajstić information content (AvgIpc) is 3.12. The maximum Gasteiger partial charge on any atom is 0.251 e. The van der Waals surface area contributed by atoms with E-state index < -0.39 is 5.82 Å². The molecule has 1 aromatic heterocycles. The molecule has 4 aromatic rings. The second-order valence-corrected chi connectivity index (χ2v) is 6.37. The molecule has 4 rings (SSSR count). The maximum absolute atomic E-state index is 13.5. The van der Waals surface area contributed by atoms with Gasteiger partial charge in [0.15, 0.2) is 0 Å². The molecule has 0 aliphatic rings. The van der Waals surface area contributed by atoms with Crippen molar-refractivity contribution in [2.24, 2.45) is 0 Å². The quantitative estimate of drug-likeness (QED) is 0.554. The number of aromatic nitrogens is 2. The number of halogens is 1. The number of H-pyrrole nitrogens is 1. The number of rotatable bonds is 5. The van der Waals surface area contributed by atoms with Gasteiger partial charge in [-0.05, 0) is 42.3 Å². The van der Waals surface area contributed by atoms with Crippen LogP contribution < -0.4 is 5.32 Å². The number of hydrogen-bond acceptors (Lipinski definition) is 2. The fraction of sp³-hybridized carbons (Fsp3) is 0.0909. The van der Waals surface area contributed by atoms with Gasteiger partial charge in [-0.15, -0.1) is 0 Å². The number of hydrogen-bond donors (Lipinski definition) is 2. The van der Waals surface area contributed by atoms with Crippen LogP contribution in [0.25, 0.3) is 11.0 Å². The molecule has 5 heteroatoms. The van der Waals surface area contributed by atoms with Crippen LogP contribution in [-0.4, -0.2) is 15.9 Å². The molecule has 0 unspecified atom stereocenters. The number of carbonyl (C=O) groups is 1. The van der Waals surface area contributed by atoms with Crippen molar-refractivity contribution in [1.82, 2.24) is 15.3 Å². The Balaban J connectivity index is 1.66. The molecule has 0 bridgehead atoms. The number of benzene rings is 3. The lowest BCUT2D eigenvalue weighted by atomic mass is 10.0. The highest BCUT2D eigenvalue weighted by Gasteiger charge is 2.20. The first-order chi connectivity index (χ1) is 13.2. The average molecular weight is 359 g/mol. The third kappa shape index (κ3) is 3.87. The predicted octanol–water partition coefficient (Wildman–Crippen LogP) is 4.42. The van der Waals surface area contributed by atoms with Gasteiger partial charge in [0.25, 0.3) is 5.91 Å². The Bertz CT molecular complexity index is 1040. The van der Waals surface area contributed by atoms with Gasteiger partial charge >= 0.3 is 0 Å². The first-order valence-corrected chi connectivity index (χ1v) is 8.74. The van der Waals surface area contributed by atoms with Gasteiger partial charge in [0.1, 0.15) is 11.6 Å². The third-order valence-electron chi connectivity index (χ3n) is 4.41. The number of amides is 1. The Morgan fingerprint density at radius 3 is 2.56 bits per heavy atom. The van der Waals surface area contributed by atoms with E-state index in [2.05, 4.69) is 15.3 Å². The first-order valence-electron chi connectivity index (χ1n) is 8.74. The zero-order valence-corrected chi connectivity index (χ0v) is 14.5. The smallest absolute Gasteiger partial charge is 0.251 e. The first kappa shape index (κ1) is 17.0. The molecule has 1 amide bonds. The van der Waals surface area contributed by atoms with Crippen LogP contribution in [0, 0.1) is 5.82 Å². The summed E-state index contributed by atoms with van der Waals surface area (Å²) in [5.74, 6) is -0.105. The molecular formula is C22H18FN3O. The fourth-order valence-electron chi connectivity index (χ4n) is 3.07. The van der Waals surface area contributed by atoms with Crippen LogP contribution in [0.2, 0.25) is 0 Å². The summed E-state index contributed by atoms with van der Waals surface area (Å²) in [5.41, 5.74) is 3.10. The standard InChI is InChI=1S/C22H18FN3O/c23-17-10-6-9-16(14-17)22(27)26-20(13-15-7-2-1-3-8-15)21-24-18-11-4-5-12-19(18)25-21/h1-12,14,20H,13H2,(H,24,25)(H,26,27)/t20-/m0/s1. The van der Waals surface area contributed by atoms with E-state index in [1.807, 2.05) is 54.6 Å². The lowest BCUT2D eigenvalue weighted by molar-refractivity contribution is 0.0934. The van der Waals surface area contributed by atoms with Gasteiger partial charge in [0.05, 0.1) is 17.1 Å². The molecule has 0 fully saturated rings. The van der Waals surface area contributed by atoms with E-state index in [0.29, 0.717) is 12.2 Å². The van der Waals surface area contributed by atoms with Crippen LogP contribution in [0.1, 0.15) is 27.8 Å². The molecule has 4 nitrogen and oxygen atoms in total. The van der Waals surface area contributed by atoms with E-state index in [1.54, 1.807) is 6.07 Å². The van der Waals surface area contributed by atoms with E-state index in [1.165, 1.54) is 18.2 Å². The molecule has 0 saturated carbocycles. The molecular weight excluding hydrogens is 341 g/mol. The number of imidazole rings is 1. The number of nitrogens with zero attached hydrogens (tertiary/aromatic N) is 1. The summed E-state index contributed by atoms with van der Waals surface area (Å²) in [7, 11) is 0. The lowest BCUT2D eigenvalue weighted by Crippen LogP contribution is -2.30. The van der Waals surface area contributed by atoms with Gasteiger partial charge in [-0.25, -0.2) is 9.37 Å². The van der Waals surface area contributed by atoms with Crippen molar-refractivity contribution >= 4 is 16.9 Å². The summed E-state index contributed by atoms with van der Waals surface area (Å²) in [6, 6.07) is 22.9. The van der Waals surface area contributed by atoms with Gasteiger partial charge in [0, 0.05) is 5.56 Å². The Kier molecular flexibility index (Phi) is 4.66. The SMILES string of the molecule is O=C(N[C@@H](Cc1ccccc1)c1nc2ccccc2[nH]1)c1cccc(F)c1. The van der Waals surface area contributed by atoms with E-state index in [9.17, 15) is 9.18 Å². The number of fused-ring (bicyclic) bond motifs is 1. The lowest BCUT2D eigenvalue weighted by Gasteiger charge is -2.17. The Hall–Kier alpha value is -3.47. The van der Waals surface area contributed by atoms with Gasteiger partial charge in [-0.1, -0.05) is 48.5 Å².